The van der Waals surface area contributed by atoms with Crippen molar-refractivity contribution in [2.45, 2.75) is 37.8 Å². The van der Waals surface area contributed by atoms with Crippen LogP contribution in [0.3, 0.4) is 0 Å². The highest BCUT2D eigenvalue weighted by molar-refractivity contribution is 8.00. The van der Waals surface area contributed by atoms with Gasteiger partial charge >= 0.3 is 5.69 Å². The summed E-state index contributed by atoms with van der Waals surface area (Å²) in [5, 5.41) is 0.576. The Bertz CT molecular complexity index is 1190. The van der Waals surface area contributed by atoms with E-state index in [1.165, 1.54) is 21.2 Å². The molecule has 0 fully saturated rings. The number of aromatic nitrogens is 2. The molecular weight excluding hydrogens is 448 g/mol. The predicted molar refractivity (Wildman–Crippen MR) is 130 cm³/mol. The van der Waals surface area contributed by atoms with Gasteiger partial charge in [-0.2, -0.15) is 0 Å². The summed E-state index contributed by atoms with van der Waals surface area (Å²) < 4.78 is 1.32. The van der Waals surface area contributed by atoms with Gasteiger partial charge in [0.05, 0.1) is 12.3 Å². The van der Waals surface area contributed by atoms with Crippen molar-refractivity contribution in [2.24, 2.45) is 0 Å². The quantitative estimate of drug-likeness (QED) is 0.460. The number of carbonyl (C=O) groups excluding carboxylic acids is 1. The minimum absolute atomic E-state index is 0.00997. The van der Waals surface area contributed by atoms with Crippen molar-refractivity contribution in [2.75, 3.05) is 16.4 Å². The Hall–Kier alpha value is -2.97. The number of nitrogens with one attached hydrogen (secondary N) is 1. The van der Waals surface area contributed by atoms with Gasteiger partial charge in [-0.1, -0.05) is 61.3 Å². The summed E-state index contributed by atoms with van der Waals surface area (Å²) in [5.41, 5.74) is 5.83. The number of thioether (sulfide) groups is 1. The third-order valence-electron chi connectivity index (χ3n) is 4.86. The van der Waals surface area contributed by atoms with Crippen LogP contribution in [0.5, 0.6) is 0 Å². The van der Waals surface area contributed by atoms with E-state index in [2.05, 4.69) is 4.98 Å². The Morgan fingerprint density at radius 1 is 1.16 bits per heavy atom. The zero-order valence-corrected chi connectivity index (χ0v) is 19.3. The Morgan fingerprint density at radius 3 is 2.59 bits per heavy atom. The van der Waals surface area contributed by atoms with Crippen LogP contribution < -0.4 is 21.9 Å². The number of anilines is 2. The third kappa shape index (κ3) is 5.83. The van der Waals surface area contributed by atoms with Crippen LogP contribution in [0.25, 0.3) is 0 Å². The highest BCUT2D eigenvalue weighted by Gasteiger charge is 2.24. The number of benzene rings is 2. The van der Waals surface area contributed by atoms with E-state index in [9.17, 15) is 14.4 Å². The van der Waals surface area contributed by atoms with Gasteiger partial charge in [-0.3, -0.25) is 24.0 Å². The number of amides is 1. The standard InChI is InChI=1S/C23H25ClN4O3S/c1-2-3-12-27-21(25)20(22(30)26-23(27)31)28(14-16-8-5-4-6-9-16)19(29)15-32-18-11-7-10-17(24)13-18/h4-11,13H,2-3,12,14-15,25H2,1H3,(H,26,30,31). The SMILES string of the molecule is CCCCn1c(N)c(N(Cc2ccccc2)C(=O)CSc2cccc(Cl)c2)c(=O)[nH]c1=O. The van der Waals surface area contributed by atoms with Gasteiger partial charge in [-0.15, -0.1) is 11.8 Å². The van der Waals surface area contributed by atoms with Crippen LogP contribution in [0.1, 0.15) is 25.3 Å². The van der Waals surface area contributed by atoms with Gasteiger partial charge < -0.3 is 5.73 Å². The lowest BCUT2D eigenvalue weighted by atomic mass is 10.2. The van der Waals surface area contributed by atoms with Crippen LogP contribution in [0.2, 0.25) is 5.02 Å². The molecule has 0 aliphatic heterocycles. The van der Waals surface area contributed by atoms with Crippen LogP contribution in [0.4, 0.5) is 11.5 Å². The number of nitrogens with zero attached hydrogens (tertiary/aromatic N) is 2. The van der Waals surface area contributed by atoms with Crippen LogP contribution >= 0.6 is 23.4 Å². The van der Waals surface area contributed by atoms with E-state index < -0.39 is 11.2 Å². The molecule has 1 aromatic heterocycles. The molecule has 2 aromatic carbocycles. The first-order valence-electron chi connectivity index (χ1n) is 10.3. The first-order chi connectivity index (χ1) is 15.4. The Morgan fingerprint density at radius 2 is 1.91 bits per heavy atom. The smallest absolute Gasteiger partial charge is 0.330 e. The molecule has 9 heteroatoms. The van der Waals surface area contributed by atoms with Gasteiger partial charge in [0, 0.05) is 16.5 Å². The molecule has 0 unspecified atom stereocenters. The Labute approximate surface area is 195 Å². The second kappa shape index (κ2) is 11.1. The molecular formula is C23H25ClN4O3S. The molecule has 0 bridgehead atoms. The number of nitrogen functional groups attached to an aromatic ring is 1. The molecule has 1 amide bonds. The first-order valence-corrected chi connectivity index (χ1v) is 11.6. The average molecular weight is 473 g/mol. The number of H-pyrrole nitrogens is 1. The fourth-order valence-electron chi connectivity index (χ4n) is 3.21. The topological polar surface area (TPSA) is 101 Å². The average Bonchev–Trinajstić information content (AvgIpc) is 2.77. The van der Waals surface area contributed by atoms with Crippen molar-refractivity contribution in [3.63, 3.8) is 0 Å². The van der Waals surface area contributed by atoms with E-state index in [0.717, 1.165) is 16.9 Å². The number of aromatic amines is 1. The summed E-state index contributed by atoms with van der Waals surface area (Å²) in [6.07, 6.45) is 1.57. The molecule has 0 atom stereocenters. The number of hydrogen-bond donors (Lipinski definition) is 2. The molecule has 0 spiro atoms. The second-order valence-electron chi connectivity index (χ2n) is 7.21. The molecule has 3 N–H and O–H groups in total. The highest BCUT2D eigenvalue weighted by Crippen LogP contribution is 2.25. The molecule has 1 heterocycles. The van der Waals surface area contributed by atoms with Crippen molar-refractivity contribution in [3.05, 3.63) is 86.0 Å². The number of halogens is 1. The van der Waals surface area contributed by atoms with E-state index in [-0.39, 0.29) is 29.7 Å². The molecule has 0 radical (unpaired) electrons. The van der Waals surface area contributed by atoms with E-state index in [0.29, 0.717) is 18.0 Å². The molecule has 3 aromatic rings. The minimum atomic E-state index is -0.683. The van der Waals surface area contributed by atoms with E-state index in [1.807, 2.05) is 49.4 Å². The maximum absolute atomic E-state index is 13.3. The molecule has 0 saturated heterocycles. The zero-order valence-electron chi connectivity index (χ0n) is 17.7. The maximum atomic E-state index is 13.3. The van der Waals surface area contributed by atoms with Crippen LogP contribution in [0, 0.1) is 0 Å². The third-order valence-corrected chi connectivity index (χ3v) is 6.08. The van der Waals surface area contributed by atoms with Gasteiger partial charge in [-0.25, -0.2) is 4.79 Å². The molecule has 3 rings (SSSR count). The summed E-state index contributed by atoms with van der Waals surface area (Å²) in [4.78, 5) is 42.9. The fraction of sp³-hybridized carbons (Fsp3) is 0.261. The van der Waals surface area contributed by atoms with Gasteiger partial charge in [0.25, 0.3) is 5.56 Å². The Kier molecular flexibility index (Phi) is 8.19. The van der Waals surface area contributed by atoms with Crippen molar-refractivity contribution in [3.8, 4) is 0 Å². The van der Waals surface area contributed by atoms with Crippen molar-refractivity contribution < 1.29 is 4.79 Å². The first kappa shape index (κ1) is 23.7. The second-order valence-corrected chi connectivity index (χ2v) is 8.70. The molecule has 32 heavy (non-hydrogen) atoms. The molecule has 0 aliphatic carbocycles. The number of rotatable bonds is 9. The molecule has 0 aliphatic rings. The van der Waals surface area contributed by atoms with Crippen molar-refractivity contribution in [1.82, 2.24) is 9.55 Å². The minimum Gasteiger partial charge on any atom is -0.383 e. The monoisotopic (exact) mass is 472 g/mol. The number of unbranched alkanes of at least 4 members (excludes halogenated alkanes) is 1. The Balaban J connectivity index is 1.98. The van der Waals surface area contributed by atoms with Crippen molar-refractivity contribution >= 4 is 40.8 Å². The number of carbonyl (C=O) groups is 1. The molecule has 0 saturated carbocycles. The lowest BCUT2D eigenvalue weighted by Gasteiger charge is -2.24. The lowest BCUT2D eigenvalue weighted by molar-refractivity contribution is -0.116. The van der Waals surface area contributed by atoms with Crippen molar-refractivity contribution in [1.29, 1.82) is 0 Å². The molecule has 168 valence electrons. The summed E-state index contributed by atoms with van der Waals surface area (Å²) >= 11 is 7.35. The van der Waals surface area contributed by atoms with E-state index >= 15 is 0 Å². The van der Waals surface area contributed by atoms with Crippen LogP contribution in [-0.4, -0.2) is 21.2 Å². The van der Waals surface area contributed by atoms with E-state index in [1.54, 1.807) is 12.1 Å². The maximum Gasteiger partial charge on any atom is 0.330 e. The number of hydrogen-bond acceptors (Lipinski definition) is 5. The fourth-order valence-corrected chi connectivity index (χ4v) is 4.30. The van der Waals surface area contributed by atoms with Crippen LogP contribution in [-0.2, 0) is 17.9 Å². The summed E-state index contributed by atoms with van der Waals surface area (Å²) in [6.45, 7) is 2.50. The normalized spacial score (nSPS) is 10.8. The largest absolute Gasteiger partial charge is 0.383 e. The van der Waals surface area contributed by atoms with Gasteiger partial charge in [0.1, 0.15) is 5.82 Å². The lowest BCUT2D eigenvalue weighted by Crippen LogP contribution is -2.41. The zero-order chi connectivity index (χ0) is 23.1. The van der Waals surface area contributed by atoms with E-state index in [4.69, 9.17) is 17.3 Å². The van der Waals surface area contributed by atoms with Gasteiger partial charge in [0.2, 0.25) is 5.91 Å². The summed E-state index contributed by atoms with van der Waals surface area (Å²) in [5.74, 6) is -0.249. The summed E-state index contributed by atoms with van der Waals surface area (Å²) in [7, 11) is 0. The summed E-state index contributed by atoms with van der Waals surface area (Å²) in [6, 6.07) is 16.5. The van der Waals surface area contributed by atoms with Crippen LogP contribution in [0.15, 0.2) is 69.1 Å². The molecule has 7 nitrogen and oxygen atoms in total. The number of nitrogens with two attached hydrogens (primary N) is 1. The van der Waals surface area contributed by atoms with Gasteiger partial charge in [-0.05, 0) is 30.2 Å². The van der Waals surface area contributed by atoms with Gasteiger partial charge in [0.15, 0.2) is 5.69 Å². The highest BCUT2D eigenvalue weighted by atomic mass is 35.5. The predicted octanol–water partition coefficient (Wildman–Crippen LogP) is 3.90.